The minimum atomic E-state index is -4.60. The molecule has 11 heteroatoms. The molecule has 1 amide bonds. The van der Waals surface area contributed by atoms with Gasteiger partial charge in [-0.3, -0.25) is 9.69 Å². The summed E-state index contributed by atoms with van der Waals surface area (Å²) in [4.78, 5) is 16.9. The second-order valence-electron chi connectivity index (χ2n) is 11.7. The molecule has 2 fully saturated rings. The Morgan fingerprint density at radius 3 is 2.46 bits per heavy atom. The van der Waals surface area contributed by atoms with Gasteiger partial charge in [-0.25, -0.2) is 4.39 Å². The Labute approximate surface area is 223 Å². The van der Waals surface area contributed by atoms with Gasteiger partial charge in [-0.05, 0) is 46.4 Å². The Kier molecular flexibility index (Phi) is 5.89. The first-order valence-corrected chi connectivity index (χ1v) is 12.8. The summed E-state index contributed by atoms with van der Waals surface area (Å²) in [7, 11) is 1.65. The molecule has 39 heavy (non-hydrogen) atoms. The average molecular weight is 544 g/mol. The number of halogens is 4. The zero-order valence-corrected chi connectivity index (χ0v) is 21.9. The fourth-order valence-electron chi connectivity index (χ4n) is 6.09. The lowest BCUT2D eigenvalue weighted by molar-refractivity contribution is -0.138. The van der Waals surface area contributed by atoms with Crippen molar-refractivity contribution < 1.29 is 27.1 Å². The van der Waals surface area contributed by atoms with Crippen LogP contribution in [0.15, 0.2) is 42.7 Å². The topological polar surface area (TPSA) is 63.5 Å². The van der Waals surface area contributed by atoms with Gasteiger partial charge in [0.15, 0.2) is 12.0 Å². The van der Waals surface area contributed by atoms with Gasteiger partial charge in [-0.2, -0.15) is 13.2 Å². The number of likely N-dealkylation sites (tertiary alicyclic amines) is 1. The van der Waals surface area contributed by atoms with Gasteiger partial charge < -0.3 is 14.2 Å². The molecule has 1 aromatic heterocycles. The van der Waals surface area contributed by atoms with E-state index in [2.05, 4.69) is 28.9 Å². The molecule has 3 aliphatic heterocycles. The molecule has 0 bridgehead atoms. The summed E-state index contributed by atoms with van der Waals surface area (Å²) < 4.78 is 65.2. The van der Waals surface area contributed by atoms with E-state index in [4.69, 9.17) is 4.74 Å². The largest absolute Gasteiger partial charge is 0.416 e. The SMILES string of the molecule is Cn1cnnc1[C@@H](F)C1(c2cccc(N3Cc4c(cc(CN5CC(C)(C)C5)cc4C(F)(F)F)C3=O)c2)COC1. The first kappa shape index (κ1) is 25.9. The van der Waals surface area contributed by atoms with Gasteiger partial charge in [0.05, 0.1) is 30.7 Å². The maximum atomic E-state index is 15.8. The molecule has 2 saturated heterocycles. The van der Waals surface area contributed by atoms with E-state index in [0.29, 0.717) is 23.4 Å². The van der Waals surface area contributed by atoms with E-state index in [9.17, 15) is 18.0 Å². The number of alkyl halides is 4. The molecule has 0 N–H and O–H groups in total. The highest BCUT2D eigenvalue weighted by Crippen LogP contribution is 2.47. The van der Waals surface area contributed by atoms with Gasteiger partial charge >= 0.3 is 6.18 Å². The van der Waals surface area contributed by atoms with Gasteiger partial charge in [0, 0.05) is 37.9 Å². The predicted octanol–water partition coefficient (Wildman–Crippen LogP) is 4.81. The Balaban J connectivity index is 1.32. The molecule has 4 heterocycles. The molecule has 0 aliphatic carbocycles. The normalized spacial score (nSPS) is 20.9. The number of ether oxygens (including phenoxy) is 1. The summed E-state index contributed by atoms with van der Waals surface area (Å²) in [6.07, 6.45) is -4.70. The third kappa shape index (κ3) is 4.31. The van der Waals surface area contributed by atoms with Crippen molar-refractivity contribution >= 4 is 11.6 Å². The predicted molar refractivity (Wildman–Crippen MR) is 135 cm³/mol. The van der Waals surface area contributed by atoms with E-state index in [-0.39, 0.29) is 42.1 Å². The minimum Gasteiger partial charge on any atom is -0.379 e. The van der Waals surface area contributed by atoms with Crippen molar-refractivity contribution in [1.29, 1.82) is 0 Å². The molecule has 6 rings (SSSR count). The number of nitrogens with zero attached hydrogens (tertiary/aromatic N) is 5. The smallest absolute Gasteiger partial charge is 0.379 e. The number of benzene rings is 2. The van der Waals surface area contributed by atoms with Crippen LogP contribution < -0.4 is 4.90 Å². The number of aryl methyl sites for hydroxylation is 1. The molecule has 3 aliphatic rings. The quantitative estimate of drug-likeness (QED) is 0.418. The molecular weight excluding hydrogens is 514 g/mol. The van der Waals surface area contributed by atoms with Crippen LogP contribution in [0.3, 0.4) is 0 Å². The van der Waals surface area contributed by atoms with Crippen molar-refractivity contribution in [3.8, 4) is 0 Å². The average Bonchev–Trinajstić information content (AvgIpc) is 3.39. The zero-order valence-electron chi connectivity index (χ0n) is 21.9. The van der Waals surface area contributed by atoms with Crippen molar-refractivity contribution in [1.82, 2.24) is 19.7 Å². The molecule has 0 unspecified atom stereocenters. The van der Waals surface area contributed by atoms with E-state index in [1.807, 2.05) is 0 Å². The summed E-state index contributed by atoms with van der Waals surface area (Å²) >= 11 is 0. The number of aromatic nitrogens is 3. The number of amides is 1. The van der Waals surface area contributed by atoms with Crippen LogP contribution in [0.2, 0.25) is 0 Å². The fraction of sp³-hybridized carbons (Fsp3) is 0.464. The highest BCUT2D eigenvalue weighted by Gasteiger charge is 2.51. The lowest BCUT2D eigenvalue weighted by atomic mass is 9.74. The van der Waals surface area contributed by atoms with E-state index in [1.54, 1.807) is 37.4 Å². The van der Waals surface area contributed by atoms with Crippen molar-refractivity contribution in [2.45, 2.75) is 44.7 Å². The Morgan fingerprint density at radius 2 is 1.87 bits per heavy atom. The lowest BCUT2D eigenvalue weighted by Gasteiger charge is -2.46. The second kappa shape index (κ2) is 8.85. The van der Waals surface area contributed by atoms with Crippen LogP contribution in [0, 0.1) is 5.41 Å². The number of hydrogen-bond donors (Lipinski definition) is 0. The molecule has 2 aromatic carbocycles. The van der Waals surface area contributed by atoms with Crippen LogP contribution in [-0.4, -0.2) is 51.9 Å². The molecular formula is C28H29F4N5O2. The van der Waals surface area contributed by atoms with Crippen LogP contribution in [0.25, 0.3) is 0 Å². The highest BCUT2D eigenvalue weighted by molar-refractivity contribution is 6.10. The van der Waals surface area contributed by atoms with E-state index in [1.165, 1.54) is 21.9 Å². The maximum Gasteiger partial charge on any atom is 0.416 e. The molecule has 0 saturated carbocycles. The number of anilines is 1. The number of carbonyl (C=O) groups excluding carboxylic acids is 1. The third-order valence-corrected chi connectivity index (χ3v) is 8.03. The Hall–Kier alpha value is -3.31. The van der Waals surface area contributed by atoms with Crippen LogP contribution in [0.4, 0.5) is 23.2 Å². The van der Waals surface area contributed by atoms with Crippen LogP contribution in [0.5, 0.6) is 0 Å². The van der Waals surface area contributed by atoms with Gasteiger partial charge in [-0.1, -0.05) is 26.0 Å². The van der Waals surface area contributed by atoms with Crippen molar-refractivity contribution in [2.75, 3.05) is 31.2 Å². The van der Waals surface area contributed by atoms with E-state index < -0.39 is 29.2 Å². The van der Waals surface area contributed by atoms with Crippen molar-refractivity contribution in [3.63, 3.8) is 0 Å². The standard InChI is InChI=1S/C28H29F4N5O2/c1-26(2)12-36(13-26)10-17-7-20-21(22(8-17)28(30,31)32)11-37(25(20)38)19-6-4-5-18(9-19)27(14-39-15-27)23(29)24-34-33-16-35(24)3/h4-9,16,23H,10-15H2,1-3H3/t23-/m1/s1. The summed E-state index contributed by atoms with van der Waals surface area (Å²) in [5.41, 5.74) is -0.195. The highest BCUT2D eigenvalue weighted by atomic mass is 19.4. The van der Waals surface area contributed by atoms with Gasteiger partial charge in [0.25, 0.3) is 5.91 Å². The van der Waals surface area contributed by atoms with Crippen molar-refractivity contribution in [3.05, 3.63) is 76.4 Å². The summed E-state index contributed by atoms with van der Waals surface area (Å²) in [6.45, 7) is 6.14. The van der Waals surface area contributed by atoms with E-state index in [0.717, 1.165) is 13.1 Å². The monoisotopic (exact) mass is 543 g/mol. The summed E-state index contributed by atoms with van der Waals surface area (Å²) in [5.74, 6) is -0.344. The number of carbonyl (C=O) groups is 1. The number of hydrogen-bond acceptors (Lipinski definition) is 5. The number of rotatable bonds is 6. The first-order valence-electron chi connectivity index (χ1n) is 12.8. The molecule has 1 atom stereocenters. The van der Waals surface area contributed by atoms with Crippen LogP contribution >= 0.6 is 0 Å². The van der Waals surface area contributed by atoms with E-state index >= 15 is 4.39 Å². The Morgan fingerprint density at radius 1 is 1.13 bits per heavy atom. The minimum absolute atomic E-state index is 0.0327. The summed E-state index contributed by atoms with van der Waals surface area (Å²) in [6, 6.07) is 9.53. The molecule has 3 aromatic rings. The molecule has 7 nitrogen and oxygen atoms in total. The van der Waals surface area contributed by atoms with Gasteiger partial charge in [0.2, 0.25) is 0 Å². The first-order chi connectivity index (χ1) is 18.4. The Bertz CT molecular complexity index is 1440. The fourth-order valence-corrected chi connectivity index (χ4v) is 6.09. The van der Waals surface area contributed by atoms with Crippen molar-refractivity contribution in [2.24, 2.45) is 12.5 Å². The lowest BCUT2D eigenvalue weighted by Crippen LogP contribution is -2.52. The number of fused-ring (bicyclic) bond motifs is 1. The molecule has 0 spiro atoms. The summed E-state index contributed by atoms with van der Waals surface area (Å²) in [5, 5.41) is 7.69. The molecule has 0 radical (unpaired) electrons. The van der Waals surface area contributed by atoms with Gasteiger partial charge in [0.1, 0.15) is 6.33 Å². The second-order valence-corrected chi connectivity index (χ2v) is 11.7. The van der Waals surface area contributed by atoms with Crippen LogP contribution in [0.1, 0.15) is 58.5 Å². The maximum absolute atomic E-state index is 15.8. The van der Waals surface area contributed by atoms with Gasteiger partial charge in [-0.15, -0.1) is 10.2 Å². The molecule has 206 valence electrons. The zero-order chi connectivity index (χ0) is 27.7. The van der Waals surface area contributed by atoms with Crippen LogP contribution in [-0.2, 0) is 36.5 Å². The third-order valence-electron chi connectivity index (χ3n) is 8.03.